The highest BCUT2D eigenvalue weighted by atomic mass is 15.3. The van der Waals surface area contributed by atoms with E-state index in [1.54, 1.807) is 0 Å². The van der Waals surface area contributed by atoms with Gasteiger partial charge in [0.25, 0.3) is 0 Å². The number of rotatable bonds is 7. The molecule has 2 fully saturated rings. The van der Waals surface area contributed by atoms with Gasteiger partial charge in [0.05, 0.1) is 0 Å². The van der Waals surface area contributed by atoms with Gasteiger partial charge in [0, 0.05) is 30.7 Å². The maximum Gasteiger partial charge on any atom is 0.0309 e. The quantitative estimate of drug-likeness (QED) is 0.756. The molecule has 20 heavy (non-hydrogen) atoms. The fraction of sp³-hybridized carbons (Fsp3) is 1.00. The average Bonchev–Trinajstić information content (AvgIpc) is 3.23. The van der Waals surface area contributed by atoms with Crippen molar-refractivity contribution in [2.75, 3.05) is 19.6 Å². The molecule has 0 amide bonds. The van der Waals surface area contributed by atoms with Crippen LogP contribution in [0.15, 0.2) is 0 Å². The second kappa shape index (κ2) is 6.36. The summed E-state index contributed by atoms with van der Waals surface area (Å²) in [5, 5.41) is 3.87. The summed E-state index contributed by atoms with van der Waals surface area (Å²) in [7, 11) is 0. The molecule has 0 radical (unpaired) electrons. The van der Waals surface area contributed by atoms with Crippen molar-refractivity contribution in [3.05, 3.63) is 0 Å². The van der Waals surface area contributed by atoms with E-state index in [1.807, 2.05) is 0 Å². The van der Waals surface area contributed by atoms with Gasteiger partial charge in [-0.2, -0.15) is 0 Å². The normalized spacial score (nSPS) is 32.2. The van der Waals surface area contributed by atoms with Crippen LogP contribution in [0.3, 0.4) is 0 Å². The molecule has 1 saturated heterocycles. The van der Waals surface area contributed by atoms with Crippen LogP contribution in [0.1, 0.15) is 73.1 Å². The number of hydrogen-bond acceptors (Lipinski definition) is 2. The molecule has 1 aliphatic carbocycles. The Morgan fingerprint density at radius 1 is 1.20 bits per heavy atom. The lowest BCUT2D eigenvalue weighted by molar-refractivity contribution is 0.0110. The average molecular weight is 280 g/mol. The highest BCUT2D eigenvalue weighted by Crippen LogP contribution is 2.42. The molecule has 2 atom stereocenters. The molecule has 1 heterocycles. The summed E-state index contributed by atoms with van der Waals surface area (Å²) in [4.78, 5) is 2.80. The second-order valence-corrected chi connectivity index (χ2v) is 8.15. The summed E-state index contributed by atoms with van der Waals surface area (Å²) in [5.41, 5.74) is 0.687. The first-order valence-electron chi connectivity index (χ1n) is 8.91. The number of unbranched alkanes of at least 4 members (excludes halogenated alkanes) is 1. The molecule has 0 aromatic carbocycles. The van der Waals surface area contributed by atoms with Crippen LogP contribution in [0.2, 0.25) is 0 Å². The molecule has 0 aromatic heterocycles. The summed E-state index contributed by atoms with van der Waals surface area (Å²) in [6, 6.07) is 0. The fourth-order valence-corrected chi connectivity index (χ4v) is 3.73. The lowest BCUT2D eigenvalue weighted by atomic mass is 9.85. The number of nitrogens with one attached hydrogen (secondary N) is 1. The van der Waals surface area contributed by atoms with Crippen LogP contribution in [-0.2, 0) is 0 Å². The van der Waals surface area contributed by atoms with Crippen molar-refractivity contribution in [1.29, 1.82) is 0 Å². The van der Waals surface area contributed by atoms with Gasteiger partial charge in [0.1, 0.15) is 0 Å². The second-order valence-electron chi connectivity index (χ2n) is 8.15. The van der Waals surface area contributed by atoms with Crippen molar-refractivity contribution in [2.45, 2.75) is 84.2 Å². The first-order valence-corrected chi connectivity index (χ1v) is 8.91. The van der Waals surface area contributed by atoms with E-state index in [4.69, 9.17) is 0 Å². The largest absolute Gasteiger partial charge is 0.308 e. The van der Waals surface area contributed by atoms with E-state index in [2.05, 4.69) is 44.8 Å². The van der Waals surface area contributed by atoms with Gasteiger partial charge in [0.2, 0.25) is 0 Å². The Morgan fingerprint density at radius 3 is 2.45 bits per heavy atom. The van der Waals surface area contributed by atoms with E-state index >= 15 is 0 Å². The van der Waals surface area contributed by atoms with Crippen molar-refractivity contribution in [3.8, 4) is 0 Å². The first-order chi connectivity index (χ1) is 9.41. The van der Waals surface area contributed by atoms with Crippen LogP contribution < -0.4 is 5.32 Å². The van der Waals surface area contributed by atoms with Gasteiger partial charge in [-0.3, -0.25) is 4.90 Å². The van der Waals surface area contributed by atoms with Crippen molar-refractivity contribution >= 4 is 0 Å². The predicted octanol–water partition coefficient (Wildman–Crippen LogP) is 4.06. The third kappa shape index (κ3) is 3.76. The first kappa shape index (κ1) is 16.3. The van der Waals surface area contributed by atoms with Gasteiger partial charge in [-0.1, -0.05) is 33.1 Å². The van der Waals surface area contributed by atoms with Gasteiger partial charge in [-0.25, -0.2) is 0 Å². The van der Waals surface area contributed by atoms with Crippen LogP contribution in [0.4, 0.5) is 0 Å². The van der Waals surface area contributed by atoms with Gasteiger partial charge >= 0.3 is 0 Å². The van der Waals surface area contributed by atoms with E-state index in [-0.39, 0.29) is 0 Å². The van der Waals surface area contributed by atoms with Crippen LogP contribution in [0.5, 0.6) is 0 Å². The molecule has 0 aromatic rings. The maximum atomic E-state index is 3.87. The van der Waals surface area contributed by atoms with Crippen LogP contribution >= 0.6 is 0 Å². The molecule has 118 valence electrons. The van der Waals surface area contributed by atoms with Crippen LogP contribution in [0.25, 0.3) is 0 Å². The maximum absolute atomic E-state index is 3.87. The molecule has 0 spiro atoms. The molecular weight excluding hydrogens is 244 g/mol. The van der Waals surface area contributed by atoms with Crippen molar-refractivity contribution in [1.82, 2.24) is 10.2 Å². The highest BCUT2D eigenvalue weighted by Gasteiger charge is 2.48. The smallest absolute Gasteiger partial charge is 0.0309 e. The Kier molecular flexibility index (Phi) is 5.18. The SMILES string of the molecule is CCCCC(CC)CN1CC(C)(C2CC2)NCC1(C)C. The van der Waals surface area contributed by atoms with E-state index in [9.17, 15) is 0 Å². The zero-order chi connectivity index (χ0) is 14.8. The van der Waals surface area contributed by atoms with E-state index in [0.717, 1.165) is 18.4 Å². The minimum Gasteiger partial charge on any atom is -0.308 e. The van der Waals surface area contributed by atoms with Crippen LogP contribution in [0, 0.1) is 11.8 Å². The van der Waals surface area contributed by atoms with Gasteiger partial charge in [0.15, 0.2) is 0 Å². The number of nitrogens with zero attached hydrogens (tertiary/aromatic N) is 1. The Morgan fingerprint density at radius 2 is 1.90 bits per heavy atom. The summed E-state index contributed by atoms with van der Waals surface area (Å²) in [5.74, 6) is 1.81. The zero-order valence-electron chi connectivity index (χ0n) is 14.5. The standard InChI is InChI=1S/C18H36N2/c1-6-8-9-15(7-2)12-20-14-18(5,16-10-11-16)19-13-17(20,3)4/h15-16,19H,6-14H2,1-5H3. The third-order valence-electron chi connectivity index (χ3n) is 5.80. The Labute approximate surface area is 126 Å². The lowest BCUT2D eigenvalue weighted by Crippen LogP contribution is -2.68. The minimum atomic E-state index is 0.314. The van der Waals surface area contributed by atoms with Crippen molar-refractivity contribution in [2.24, 2.45) is 11.8 Å². The van der Waals surface area contributed by atoms with Crippen molar-refractivity contribution in [3.63, 3.8) is 0 Å². The van der Waals surface area contributed by atoms with Gasteiger partial charge < -0.3 is 5.32 Å². The molecule has 2 aliphatic rings. The Bertz CT molecular complexity index is 309. The minimum absolute atomic E-state index is 0.314. The zero-order valence-corrected chi connectivity index (χ0v) is 14.5. The molecule has 1 aliphatic heterocycles. The van der Waals surface area contributed by atoms with E-state index in [1.165, 1.54) is 51.6 Å². The monoisotopic (exact) mass is 280 g/mol. The molecule has 2 nitrogen and oxygen atoms in total. The summed E-state index contributed by atoms with van der Waals surface area (Å²) >= 11 is 0. The molecule has 2 unspecified atom stereocenters. The molecule has 2 heteroatoms. The van der Waals surface area contributed by atoms with Crippen LogP contribution in [-0.4, -0.2) is 35.6 Å². The van der Waals surface area contributed by atoms with E-state index < -0.39 is 0 Å². The van der Waals surface area contributed by atoms with E-state index in [0.29, 0.717) is 11.1 Å². The predicted molar refractivity (Wildman–Crippen MR) is 88.1 cm³/mol. The van der Waals surface area contributed by atoms with Gasteiger partial charge in [-0.05, 0) is 51.9 Å². The Balaban J connectivity index is 1.97. The molecule has 1 saturated carbocycles. The molecule has 2 rings (SSSR count). The summed E-state index contributed by atoms with van der Waals surface area (Å²) < 4.78 is 0. The highest BCUT2D eigenvalue weighted by molar-refractivity contribution is 5.06. The number of piperazine rings is 1. The Hall–Kier alpha value is -0.0800. The molecule has 0 bridgehead atoms. The topological polar surface area (TPSA) is 15.3 Å². The molecular formula is C18H36N2. The van der Waals surface area contributed by atoms with Crippen molar-refractivity contribution < 1.29 is 0 Å². The fourth-order valence-electron chi connectivity index (χ4n) is 3.73. The lowest BCUT2D eigenvalue weighted by Gasteiger charge is -2.52. The summed E-state index contributed by atoms with van der Waals surface area (Å²) in [6.45, 7) is 15.7. The number of hydrogen-bond donors (Lipinski definition) is 1. The van der Waals surface area contributed by atoms with Gasteiger partial charge in [-0.15, -0.1) is 0 Å². The summed E-state index contributed by atoms with van der Waals surface area (Å²) in [6.07, 6.45) is 8.34. The third-order valence-corrected chi connectivity index (χ3v) is 5.80. The molecule has 1 N–H and O–H groups in total.